The monoisotopic (exact) mass is 479 g/mol. The number of ether oxygens (including phenoxy) is 1. The minimum Gasteiger partial charge on any atom is -1.00 e. The molecule has 4 heteroatoms. The summed E-state index contributed by atoms with van der Waals surface area (Å²) >= 11 is 0. The second-order valence-electron chi connectivity index (χ2n) is 7.82. The molecule has 25 heavy (non-hydrogen) atoms. The maximum Gasteiger partial charge on any atom is 3.00 e. The van der Waals surface area contributed by atoms with Gasteiger partial charge in [0, 0.05) is 13.2 Å². The Morgan fingerprint density at radius 2 is 0.960 bits per heavy atom. The van der Waals surface area contributed by atoms with Gasteiger partial charge in [-0.3, -0.25) is 0 Å². The van der Waals surface area contributed by atoms with Crippen molar-refractivity contribution in [1.82, 2.24) is 0 Å². The molecule has 138 valence electrons. The molecular weight excluding hydrogens is 440 g/mol. The molecule has 0 unspecified atom stereocenters. The molecule has 1 nitrogen and oxygen atoms in total. The zero-order valence-electron chi connectivity index (χ0n) is 17.7. The Morgan fingerprint density at radius 3 is 1.12 bits per heavy atom. The van der Waals surface area contributed by atoms with E-state index in [9.17, 15) is 0 Å². The Labute approximate surface area is 195 Å². The van der Waals surface area contributed by atoms with Crippen LogP contribution in [0.1, 0.15) is 68.2 Å². The summed E-state index contributed by atoms with van der Waals surface area (Å²) in [5, 5.41) is 0. The minimum atomic E-state index is 0. The number of rotatable bonds is 4. The first-order valence-electron chi connectivity index (χ1n) is 9.18. The summed E-state index contributed by atoms with van der Waals surface area (Å²) in [7, 11) is 0. The van der Waals surface area contributed by atoms with Crippen LogP contribution in [0, 0.1) is 94.2 Å². The fraction of sp³-hybridized carbons (Fsp3) is 0.762. The second kappa shape index (κ2) is 15.4. The summed E-state index contributed by atoms with van der Waals surface area (Å²) in [6, 6.07) is 0. The van der Waals surface area contributed by atoms with Gasteiger partial charge >= 0.3 is 40.4 Å². The fourth-order valence-electron chi connectivity index (χ4n) is 3.39. The molecule has 0 aromatic carbocycles. The molecule has 0 atom stereocenters. The van der Waals surface area contributed by atoms with E-state index in [1.54, 1.807) is 23.7 Å². The van der Waals surface area contributed by atoms with E-state index in [-0.39, 0.29) is 57.2 Å². The van der Waals surface area contributed by atoms with Crippen molar-refractivity contribution in [3.05, 3.63) is 30.1 Å². The predicted octanol–water partition coefficient (Wildman–Crippen LogP) is 5.16. The van der Waals surface area contributed by atoms with Crippen molar-refractivity contribution in [2.24, 2.45) is 23.7 Å². The van der Waals surface area contributed by atoms with Crippen molar-refractivity contribution in [3.8, 4) is 0 Å². The molecule has 0 amide bonds. The first-order chi connectivity index (χ1) is 10.3. The van der Waals surface area contributed by atoms with Gasteiger partial charge in [0.25, 0.3) is 0 Å². The van der Waals surface area contributed by atoms with Crippen LogP contribution in [0.2, 0.25) is 0 Å². The summed E-state index contributed by atoms with van der Waals surface area (Å²) in [5.74, 6) is 8.95. The zero-order valence-corrected chi connectivity index (χ0v) is 20.3. The number of hydrogen-bond donors (Lipinski definition) is 0. The SMILES string of the molecule is C1CCOC1.CC(C)[C]1[CH][C](C(C)C)[C](C(C)C)[C]1C(C)C.[B-].[B-].[Sm+3]. The van der Waals surface area contributed by atoms with Crippen molar-refractivity contribution in [2.75, 3.05) is 13.2 Å². The van der Waals surface area contributed by atoms with Gasteiger partial charge < -0.3 is 21.6 Å². The Hall–Kier alpha value is 1.43. The van der Waals surface area contributed by atoms with Crippen LogP contribution in [-0.4, -0.2) is 30.0 Å². The Bertz CT molecular complexity index is 273. The van der Waals surface area contributed by atoms with E-state index in [1.165, 1.54) is 12.8 Å². The first-order valence-corrected chi connectivity index (χ1v) is 9.18. The normalized spacial score (nSPS) is 19.7. The molecule has 0 bridgehead atoms. The van der Waals surface area contributed by atoms with Crippen LogP contribution in [0.25, 0.3) is 0 Å². The standard InChI is InChI=1S/C17H29.C4H8O.2B.Sm/c1-10(2)14-9-15(11(3)4)17(13(7)8)16(14)12(5)6;1-2-4-5-3-1;;;/h9-13H,1-8H3;1-4H2;;;/q;;2*-1;+3. The van der Waals surface area contributed by atoms with E-state index in [4.69, 9.17) is 4.74 Å². The fourth-order valence-corrected chi connectivity index (χ4v) is 3.39. The molecule has 1 aliphatic heterocycles. The van der Waals surface area contributed by atoms with Crippen LogP contribution in [0.3, 0.4) is 0 Å². The molecule has 2 aliphatic rings. The smallest absolute Gasteiger partial charge is 1.00 e. The van der Waals surface area contributed by atoms with E-state index >= 15 is 0 Å². The topological polar surface area (TPSA) is 9.23 Å². The molecule has 0 N–H and O–H groups in total. The Balaban J connectivity index is -0.000000522. The minimum absolute atomic E-state index is 0. The largest absolute Gasteiger partial charge is 3.00 e. The zero-order chi connectivity index (χ0) is 16.9. The molecule has 0 aromatic rings. The van der Waals surface area contributed by atoms with Crippen molar-refractivity contribution >= 4 is 16.8 Å². The average molecular weight is 478 g/mol. The molecule has 2 fully saturated rings. The first kappa shape index (κ1) is 31.1. The van der Waals surface area contributed by atoms with Crippen LogP contribution in [0.5, 0.6) is 0 Å². The van der Waals surface area contributed by atoms with Gasteiger partial charge in [0.05, 0.1) is 0 Å². The van der Waals surface area contributed by atoms with Crippen molar-refractivity contribution < 1.29 is 45.1 Å². The Morgan fingerprint density at radius 1 is 0.640 bits per heavy atom. The van der Waals surface area contributed by atoms with Gasteiger partial charge in [-0.1, -0.05) is 55.4 Å². The molecule has 0 spiro atoms. The molecule has 1 saturated carbocycles. The van der Waals surface area contributed by atoms with Gasteiger partial charge in [-0.25, -0.2) is 0 Å². The summed E-state index contributed by atoms with van der Waals surface area (Å²) in [5.41, 5.74) is 0. The average Bonchev–Trinajstić information content (AvgIpc) is 3.09. The molecule has 1 heterocycles. The van der Waals surface area contributed by atoms with Gasteiger partial charge in [0.2, 0.25) is 0 Å². The molecule has 2 rings (SSSR count). The third kappa shape index (κ3) is 9.45. The summed E-state index contributed by atoms with van der Waals surface area (Å²) in [6.07, 6.45) is 5.03. The summed E-state index contributed by atoms with van der Waals surface area (Å²) < 4.78 is 4.94. The van der Waals surface area contributed by atoms with E-state index < -0.39 is 0 Å². The molecule has 1 aliphatic carbocycles. The predicted molar refractivity (Wildman–Crippen MR) is 108 cm³/mol. The van der Waals surface area contributed by atoms with E-state index in [0.717, 1.165) is 13.2 Å². The van der Waals surface area contributed by atoms with E-state index in [0.29, 0.717) is 23.7 Å². The molecule has 1 saturated heterocycles. The van der Waals surface area contributed by atoms with E-state index in [1.807, 2.05) is 0 Å². The third-order valence-electron chi connectivity index (χ3n) is 4.45. The quantitative estimate of drug-likeness (QED) is 0.509. The maximum atomic E-state index is 4.94. The van der Waals surface area contributed by atoms with Crippen LogP contribution < -0.4 is 0 Å². The van der Waals surface area contributed by atoms with Gasteiger partial charge in [-0.2, -0.15) is 0 Å². The van der Waals surface area contributed by atoms with Gasteiger partial charge in [0.15, 0.2) is 0 Å². The van der Waals surface area contributed by atoms with Gasteiger partial charge in [-0.15, -0.1) is 0 Å². The third-order valence-corrected chi connectivity index (χ3v) is 4.45. The molecule has 0 aromatic heterocycles. The Kier molecular flexibility index (Phi) is 19.1. The van der Waals surface area contributed by atoms with Crippen LogP contribution in [0.4, 0.5) is 0 Å². The van der Waals surface area contributed by atoms with Crippen molar-refractivity contribution in [1.29, 1.82) is 0 Å². The van der Waals surface area contributed by atoms with Gasteiger partial charge in [-0.05, 0) is 66.6 Å². The number of hydrogen-bond acceptors (Lipinski definition) is 1. The summed E-state index contributed by atoms with van der Waals surface area (Å²) in [4.78, 5) is 0. The maximum absolute atomic E-state index is 4.94. The van der Waals surface area contributed by atoms with E-state index in [2.05, 4.69) is 61.8 Å². The van der Waals surface area contributed by atoms with Crippen LogP contribution in [0.15, 0.2) is 0 Å². The van der Waals surface area contributed by atoms with Gasteiger partial charge in [0.1, 0.15) is 0 Å². The molecule has 14 radical (unpaired) electrons. The van der Waals surface area contributed by atoms with Crippen LogP contribution in [-0.2, 0) is 4.74 Å². The van der Waals surface area contributed by atoms with Crippen LogP contribution >= 0.6 is 0 Å². The van der Waals surface area contributed by atoms with Crippen molar-refractivity contribution in [3.63, 3.8) is 0 Å². The second-order valence-corrected chi connectivity index (χ2v) is 7.82. The summed E-state index contributed by atoms with van der Waals surface area (Å²) in [6.45, 7) is 20.6. The molecular formula is C21H37B2OSm+. The van der Waals surface area contributed by atoms with Crippen molar-refractivity contribution in [2.45, 2.75) is 68.2 Å².